The Balaban J connectivity index is 1.73. The summed E-state index contributed by atoms with van der Waals surface area (Å²) in [6, 6.07) is 0. The van der Waals surface area contributed by atoms with E-state index >= 15 is 0 Å². The molecule has 4 aliphatic carbocycles. The summed E-state index contributed by atoms with van der Waals surface area (Å²) in [6.07, 6.45) is 5.30. The summed E-state index contributed by atoms with van der Waals surface area (Å²) in [6.45, 7) is 5.42. The highest BCUT2D eigenvalue weighted by molar-refractivity contribution is 14.1. The first-order valence-electron chi connectivity index (χ1n) is 7.36. The van der Waals surface area contributed by atoms with Gasteiger partial charge in [0.2, 0.25) is 0 Å². The number of rotatable bonds is 6. The molecule has 5 atom stereocenters. The lowest BCUT2D eigenvalue weighted by Crippen LogP contribution is -2.53. The second-order valence-corrected chi connectivity index (χ2v) is 7.33. The number of ketones is 1. The molecule has 0 heterocycles. The largest absolute Gasteiger partial charge is 0.458 e. The van der Waals surface area contributed by atoms with Gasteiger partial charge < -0.3 is 4.74 Å². The van der Waals surface area contributed by atoms with Crippen molar-refractivity contribution in [3.63, 3.8) is 0 Å². The summed E-state index contributed by atoms with van der Waals surface area (Å²) in [7, 11) is 0. The second-order valence-electron chi connectivity index (χ2n) is 6.89. The van der Waals surface area contributed by atoms with Crippen LogP contribution in [0.3, 0.4) is 0 Å². The third-order valence-electron chi connectivity index (χ3n) is 5.34. The van der Waals surface area contributed by atoms with E-state index in [1.165, 1.54) is 0 Å². The third-order valence-corrected chi connectivity index (χ3v) is 5.56. The molecule has 0 aromatic carbocycles. The number of ether oxygens (including phenoxy) is 1. The Morgan fingerprint density at radius 1 is 1.57 bits per heavy atom. The van der Waals surface area contributed by atoms with Crippen LogP contribution in [0.2, 0.25) is 0 Å². The van der Waals surface area contributed by atoms with E-state index < -0.39 is 11.1 Å². The zero-order valence-electron chi connectivity index (χ0n) is 12.1. The van der Waals surface area contributed by atoms with Gasteiger partial charge in [-0.05, 0) is 44.9 Å². The fraction of sp³-hybridized carbons (Fsp3) is 0.733. The molecule has 0 radical (unpaired) electrons. The number of carbonyl (C=O) groups is 2. The van der Waals surface area contributed by atoms with E-state index in [1.54, 1.807) is 36.0 Å². The number of nitrogens with one attached hydrogen (secondary N) is 1. The molecule has 5 unspecified atom stereocenters. The zero-order valence-corrected chi connectivity index (χ0v) is 14.2. The van der Waals surface area contributed by atoms with Crippen molar-refractivity contribution < 1.29 is 17.5 Å². The molecular weight excluding hydrogens is 385 g/mol. The van der Waals surface area contributed by atoms with E-state index in [2.05, 4.69) is 12.1 Å². The fourth-order valence-corrected chi connectivity index (χ4v) is 4.90. The summed E-state index contributed by atoms with van der Waals surface area (Å²) in [4.78, 5) is 24.7. The van der Waals surface area contributed by atoms with E-state index in [9.17, 15) is 9.59 Å². The molecular formula is C15H20INO4. The first kappa shape index (κ1) is 15.4. The van der Waals surface area contributed by atoms with Crippen LogP contribution in [-0.4, -0.2) is 22.9 Å². The summed E-state index contributed by atoms with van der Waals surface area (Å²) in [5, 5.41) is 0. The minimum atomic E-state index is -0.943. The normalized spacial score (nSPS) is 39.3. The molecule has 4 aliphatic rings. The number of hydrogen-bond acceptors (Lipinski definition) is 5. The van der Waals surface area contributed by atoms with E-state index in [1.807, 2.05) is 0 Å². The Kier molecular flexibility index (Phi) is 3.90. The second kappa shape index (κ2) is 5.31. The van der Waals surface area contributed by atoms with Gasteiger partial charge in [0, 0.05) is 11.8 Å². The maximum atomic E-state index is 12.6. The SMILES string of the molecule is C=CCC(C)(NOI)C(=O)OC12CC3CC(C1)C(C2)C3=O. The van der Waals surface area contributed by atoms with Crippen LogP contribution in [0.1, 0.15) is 39.0 Å². The van der Waals surface area contributed by atoms with Gasteiger partial charge in [-0.3, -0.25) is 4.79 Å². The quantitative estimate of drug-likeness (QED) is 0.319. The van der Waals surface area contributed by atoms with Gasteiger partial charge in [0.15, 0.2) is 0 Å². The van der Waals surface area contributed by atoms with Gasteiger partial charge in [-0.2, -0.15) is 5.48 Å². The van der Waals surface area contributed by atoms with E-state index in [0.717, 1.165) is 12.8 Å². The molecule has 0 aromatic heterocycles. The predicted molar refractivity (Wildman–Crippen MR) is 84.2 cm³/mol. The first-order valence-corrected chi connectivity index (χ1v) is 8.24. The van der Waals surface area contributed by atoms with Gasteiger partial charge in [0.05, 0.1) is 0 Å². The Labute approximate surface area is 138 Å². The summed E-state index contributed by atoms with van der Waals surface area (Å²) in [5.74, 6) is 0.717. The van der Waals surface area contributed by atoms with Gasteiger partial charge in [-0.15, -0.1) is 6.58 Å². The van der Waals surface area contributed by atoms with E-state index in [-0.39, 0.29) is 17.8 Å². The van der Waals surface area contributed by atoms with Crippen molar-refractivity contribution in [3.8, 4) is 0 Å². The molecule has 4 fully saturated rings. The van der Waals surface area contributed by atoms with Crippen LogP contribution in [0.4, 0.5) is 0 Å². The molecule has 0 saturated heterocycles. The number of hydroxylamine groups is 1. The van der Waals surface area contributed by atoms with Crippen LogP contribution in [0.5, 0.6) is 0 Å². The van der Waals surface area contributed by atoms with Crippen molar-refractivity contribution >= 4 is 34.8 Å². The minimum Gasteiger partial charge on any atom is -0.458 e. The number of hydrogen-bond donors (Lipinski definition) is 1. The topological polar surface area (TPSA) is 64.6 Å². The minimum absolute atomic E-state index is 0.106. The van der Waals surface area contributed by atoms with Gasteiger partial charge in [-0.1, -0.05) is 6.08 Å². The average Bonchev–Trinajstić information content (AvgIpc) is 2.79. The zero-order chi connectivity index (χ0) is 15.3. The van der Waals surface area contributed by atoms with Crippen molar-refractivity contribution in [3.05, 3.63) is 12.7 Å². The molecule has 4 rings (SSSR count). The highest BCUT2D eigenvalue weighted by Gasteiger charge is 2.62. The van der Waals surface area contributed by atoms with Crippen molar-refractivity contribution in [2.24, 2.45) is 17.8 Å². The van der Waals surface area contributed by atoms with E-state index in [0.29, 0.717) is 31.0 Å². The smallest absolute Gasteiger partial charge is 0.329 e. The van der Waals surface area contributed by atoms with Crippen LogP contribution < -0.4 is 5.48 Å². The van der Waals surface area contributed by atoms with Crippen LogP contribution in [0.15, 0.2) is 12.7 Å². The highest BCUT2D eigenvalue weighted by Crippen LogP contribution is 2.59. The summed E-state index contributed by atoms with van der Waals surface area (Å²) < 4.78 is 10.8. The standard InChI is InChI=1S/C15H20INO4/c1-3-4-14(2,17-21-16)13(19)20-15-6-9-5-10(7-15)12(18)11(9)8-15/h3,9-11,17H,1,4-8H2,2H3. The van der Waals surface area contributed by atoms with E-state index in [4.69, 9.17) is 7.90 Å². The molecule has 1 N–H and O–H groups in total. The van der Waals surface area contributed by atoms with Gasteiger partial charge in [0.1, 0.15) is 39.9 Å². The Morgan fingerprint density at radius 2 is 2.33 bits per heavy atom. The van der Waals surface area contributed by atoms with Crippen molar-refractivity contribution in [1.82, 2.24) is 5.48 Å². The molecule has 0 spiro atoms. The number of halogens is 1. The molecule has 4 bridgehead atoms. The molecule has 0 aliphatic heterocycles. The molecule has 4 saturated carbocycles. The van der Waals surface area contributed by atoms with Crippen LogP contribution in [0.25, 0.3) is 0 Å². The number of Topliss-reactive ketones (excluding diaryl/α,β-unsaturated/α-hetero) is 1. The molecule has 0 amide bonds. The van der Waals surface area contributed by atoms with Crippen LogP contribution in [-0.2, 0) is 17.5 Å². The van der Waals surface area contributed by atoms with Crippen molar-refractivity contribution in [2.75, 3.05) is 0 Å². The monoisotopic (exact) mass is 405 g/mol. The van der Waals surface area contributed by atoms with Gasteiger partial charge in [-0.25, -0.2) is 7.96 Å². The van der Waals surface area contributed by atoms with Gasteiger partial charge >= 0.3 is 5.97 Å². The van der Waals surface area contributed by atoms with Gasteiger partial charge in [0.25, 0.3) is 0 Å². The Bertz CT molecular complexity index is 492. The van der Waals surface area contributed by atoms with Crippen molar-refractivity contribution in [2.45, 2.75) is 50.2 Å². The predicted octanol–water partition coefficient (Wildman–Crippen LogP) is 2.49. The average molecular weight is 405 g/mol. The maximum Gasteiger partial charge on any atom is 0.329 e. The highest BCUT2D eigenvalue weighted by atomic mass is 127. The molecule has 116 valence electrons. The van der Waals surface area contributed by atoms with Crippen LogP contribution >= 0.6 is 23.0 Å². The molecule has 5 nitrogen and oxygen atoms in total. The first-order chi connectivity index (χ1) is 9.93. The Morgan fingerprint density at radius 3 is 2.90 bits per heavy atom. The Hall–Kier alpha value is -0.470. The maximum absolute atomic E-state index is 12.6. The third kappa shape index (κ3) is 2.45. The number of carbonyl (C=O) groups excluding carboxylic acids is 2. The number of esters is 1. The molecule has 0 aromatic rings. The summed E-state index contributed by atoms with van der Waals surface area (Å²) in [5.41, 5.74) is 1.33. The lowest BCUT2D eigenvalue weighted by molar-refractivity contribution is -0.176. The lowest BCUT2D eigenvalue weighted by Gasteiger charge is -2.39. The fourth-order valence-electron chi connectivity index (χ4n) is 4.41. The molecule has 21 heavy (non-hydrogen) atoms. The molecule has 6 heteroatoms. The van der Waals surface area contributed by atoms with Crippen LogP contribution in [0, 0.1) is 17.8 Å². The lowest BCUT2D eigenvalue weighted by atomic mass is 9.77. The summed E-state index contributed by atoms with van der Waals surface area (Å²) >= 11 is 1.69. The van der Waals surface area contributed by atoms with Crippen molar-refractivity contribution in [1.29, 1.82) is 0 Å².